The van der Waals surface area contributed by atoms with Crippen molar-refractivity contribution < 1.29 is 22.7 Å². The largest absolute Gasteiger partial charge is 0.419 e. The van der Waals surface area contributed by atoms with E-state index in [0.717, 1.165) is 11.8 Å². The van der Waals surface area contributed by atoms with Crippen molar-refractivity contribution in [3.8, 4) is 0 Å². The standard InChI is InChI=1S/C11H12F4OS/c1-2-17-6-10(16)7-3-4-9(12)8(5-7)11(13,14)15/h3-5,10,16H,2,6H2,1H3. The van der Waals surface area contributed by atoms with E-state index >= 15 is 0 Å². The molecule has 1 nitrogen and oxygen atoms in total. The number of halogens is 4. The van der Waals surface area contributed by atoms with Gasteiger partial charge in [-0.2, -0.15) is 24.9 Å². The third-order valence-corrected chi connectivity index (χ3v) is 3.12. The van der Waals surface area contributed by atoms with Gasteiger partial charge in [-0.1, -0.05) is 13.0 Å². The van der Waals surface area contributed by atoms with E-state index in [9.17, 15) is 22.7 Å². The van der Waals surface area contributed by atoms with Gasteiger partial charge in [-0.25, -0.2) is 4.39 Å². The lowest BCUT2D eigenvalue weighted by Gasteiger charge is -2.13. The fourth-order valence-electron chi connectivity index (χ4n) is 1.29. The molecule has 0 fully saturated rings. The van der Waals surface area contributed by atoms with E-state index in [0.29, 0.717) is 11.8 Å². The highest BCUT2D eigenvalue weighted by Gasteiger charge is 2.34. The lowest BCUT2D eigenvalue weighted by atomic mass is 10.1. The zero-order chi connectivity index (χ0) is 13.1. The van der Waals surface area contributed by atoms with Gasteiger partial charge in [0.05, 0.1) is 11.7 Å². The molecular weight excluding hydrogens is 256 g/mol. The molecule has 0 spiro atoms. The maximum Gasteiger partial charge on any atom is 0.419 e. The summed E-state index contributed by atoms with van der Waals surface area (Å²) >= 11 is 1.40. The molecule has 0 aliphatic heterocycles. The Balaban J connectivity index is 2.96. The molecule has 1 atom stereocenters. The van der Waals surface area contributed by atoms with Crippen molar-refractivity contribution in [3.63, 3.8) is 0 Å². The molecule has 1 rings (SSSR count). The van der Waals surface area contributed by atoms with Crippen LogP contribution in [0.5, 0.6) is 0 Å². The van der Waals surface area contributed by atoms with Crippen LogP contribution in [-0.4, -0.2) is 16.6 Å². The minimum Gasteiger partial charge on any atom is -0.388 e. The van der Waals surface area contributed by atoms with Crippen LogP contribution in [0.3, 0.4) is 0 Å². The van der Waals surface area contributed by atoms with E-state index in [1.54, 1.807) is 0 Å². The summed E-state index contributed by atoms with van der Waals surface area (Å²) < 4.78 is 50.2. The number of hydrogen-bond acceptors (Lipinski definition) is 2. The minimum atomic E-state index is -4.74. The highest BCUT2D eigenvalue weighted by molar-refractivity contribution is 7.99. The van der Waals surface area contributed by atoms with E-state index in [-0.39, 0.29) is 5.56 Å². The van der Waals surface area contributed by atoms with Crippen molar-refractivity contribution in [3.05, 3.63) is 35.1 Å². The fourth-order valence-corrected chi connectivity index (χ4v) is 1.94. The Morgan fingerprint density at radius 1 is 1.35 bits per heavy atom. The van der Waals surface area contributed by atoms with Crippen molar-refractivity contribution in [2.45, 2.75) is 19.2 Å². The summed E-state index contributed by atoms with van der Waals surface area (Å²) in [5.74, 6) is -0.277. The van der Waals surface area contributed by atoms with Crippen LogP contribution in [0.15, 0.2) is 18.2 Å². The molecular formula is C11H12F4OS. The summed E-state index contributed by atoms with van der Waals surface area (Å²) in [5, 5.41) is 9.62. The molecule has 0 aliphatic rings. The highest BCUT2D eigenvalue weighted by Crippen LogP contribution is 2.33. The summed E-state index contributed by atoms with van der Waals surface area (Å²) in [6.07, 6.45) is -5.75. The van der Waals surface area contributed by atoms with Gasteiger partial charge in [-0.3, -0.25) is 0 Å². The van der Waals surface area contributed by atoms with Gasteiger partial charge in [-0.15, -0.1) is 0 Å². The predicted molar refractivity (Wildman–Crippen MR) is 59.4 cm³/mol. The monoisotopic (exact) mass is 268 g/mol. The van der Waals surface area contributed by atoms with E-state index < -0.39 is 23.7 Å². The Bertz CT molecular complexity index is 378. The van der Waals surface area contributed by atoms with Gasteiger partial charge in [0.25, 0.3) is 0 Å². The van der Waals surface area contributed by atoms with Crippen molar-refractivity contribution in [2.75, 3.05) is 11.5 Å². The van der Waals surface area contributed by atoms with Gasteiger partial charge < -0.3 is 5.11 Å². The van der Waals surface area contributed by atoms with Crippen LogP contribution in [0.1, 0.15) is 24.2 Å². The van der Waals surface area contributed by atoms with Crippen molar-refractivity contribution in [1.29, 1.82) is 0 Å². The first-order valence-corrected chi connectivity index (χ1v) is 6.14. The van der Waals surface area contributed by atoms with E-state index in [2.05, 4.69) is 0 Å². The smallest absolute Gasteiger partial charge is 0.388 e. The first-order valence-electron chi connectivity index (χ1n) is 4.98. The number of alkyl halides is 3. The maximum absolute atomic E-state index is 13.0. The van der Waals surface area contributed by atoms with Crippen molar-refractivity contribution in [2.24, 2.45) is 0 Å². The number of rotatable bonds is 4. The molecule has 0 amide bonds. The SMILES string of the molecule is CCSCC(O)c1ccc(F)c(C(F)(F)F)c1. The van der Waals surface area contributed by atoms with Gasteiger partial charge in [0, 0.05) is 5.75 Å². The Labute approximate surface area is 101 Å². The first kappa shape index (κ1) is 14.3. The van der Waals surface area contributed by atoms with Gasteiger partial charge in [0.2, 0.25) is 0 Å². The Morgan fingerprint density at radius 3 is 2.53 bits per heavy atom. The first-order chi connectivity index (χ1) is 7.86. The van der Waals surface area contributed by atoms with Crippen LogP contribution in [0.4, 0.5) is 17.6 Å². The number of thioether (sulfide) groups is 1. The van der Waals surface area contributed by atoms with Crippen molar-refractivity contribution >= 4 is 11.8 Å². The van der Waals surface area contributed by atoms with Crippen LogP contribution in [0, 0.1) is 5.82 Å². The molecule has 1 N–H and O–H groups in total. The molecule has 0 saturated heterocycles. The topological polar surface area (TPSA) is 20.2 Å². The van der Waals surface area contributed by atoms with E-state index in [4.69, 9.17) is 0 Å². The average Bonchev–Trinajstić information content (AvgIpc) is 2.25. The lowest BCUT2D eigenvalue weighted by molar-refractivity contribution is -0.140. The van der Waals surface area contributed by atoms with Crippen LogP contribution in [-0.2, 0) is 6.18 Å². The molecule has 0 heterocycles. The second kappa shape index (κ2) is 5.73. The minimum absolute atomic E-state index is 0.0830. The Hall–Kier alpha value is -0.750. The summed E-state index contributed by atoms with van der Waals surface area (Å²) in [4.78, 5) is 0. The average molecular weight is 268 g/mol. The molecule has 1 unspecified atom stereocenters. The zero-order valence-electron chi connectivity index (χ0n) is 9.09. The fraction of sp³-hybridized carbons (Fsp3) is 0.455. The summed E-state index contributed by atoms with van der Waals surface area (Å²) in [6, 6.07) is 2.57. The second-order valence-corrected chi connectivity index (χ2v) is 4.73. The Kier molecular flexibility index (Phi) is 4.82. The van der Waals surface area contributed by atoms with Crippen LogP contribution >= 0.6 is 11.8 Å². The summed E-state index contributed by atoms with van der Waals surface area (Å²) in [5.41, 5.74) is -1.25. The number of aliphatic hydroxyl groups is 1. The molecule has 1 aromatic rings. The molecule has 0 saturated carbocycles. The van der Waals surface area contributed by atoms with E-state index in [1.807, 2.05) is 6.92 Å². The molecule has 0 aromatic heterocycles. The molecule has 1 aromatic carbocycles. The lowest BCUT2D eigenvalue weighted by Crippen LogP contribution is -2.10. The second-order valence-electron chi connectivity index (χ2n) is 3.41. The maximum atomic E-state index is 13.0. The molecule has 0 aliphatic carbocycles. The molecule has 17 heavy (non-hydrogen) atoms. The normalized spacial score (nSPS) is 13.8. The van der Waals surface area contributed by atoms with Crippen LogP contribution < -0.4 is 0 Å². The summed E-state index contributed by atoms with van der Waals surface area (Å²) in [6.45, 7) is 1.88. The highest BCUT2D eigenvalue weighted by atomic mass is 32.2. The molecule has 0 radical (unpaired) electrons. The third kappa shape index (κ3) is 3.89. The van der Waals surface area contributed by atoms with Crippen LogP contribution in [0.25, 0.3) is 0 Å². The molecule has 0 bridgehead atoms. The molecule has 6 heteroatoms. The quantitative estimate of drug-likeness (QED) is 0.841. The summed E-state index contributed by atoms with van der Waals surface area (Å²) in [7, 11) is 0. The number of hydrogen-bond donors (Lipinski definition) is 1. The zero-order valence-corrected chi connectivity index (χ0v) is 9.91. The van der Waals surface area contributed by atoms with Gasteiger partial charge in [0.1, 0.15) is 5.82 Å². The van der Waals surface area contributed by atoms with Crippen LogP contribution in [0.2, 0.25) is 0 Å². The number of aliphatic hydroxyl groups excluding tert-OH is 1. The molecule has 96 valence electrons. The van der Waals surface area contributed by atoms with Gasteiger partial charge >= 0.3 is 6.18 Å². The number of benzene rings is 1. The third-order valence-electron chi connectivity index (χ3n) is 2.16. The predicted octanol–water partition coefficient (Wildman–Crippen LogP) is 3.63. The van der Waals surface area contributed by atoms with Gasteiger partial charge in [0.15, 0.2) is 0 Å². The van der Waals surface area contributed by atoms with Crippen molar-refractivity contribution in [1.82, 2.24) is 0 Å². The van der Waals surface area contributed by atoms with E-state index in [1.165, 1.54) is 17.8 Å². The van der Waals surface area contributed by atoms with Gasteiger partial charge in [-0.05, 0) is 23.4 Å². The Morgan fingerprint density at radius 2 is 2.00 bits per heavy atom.